The summed E-state index contributed by atoms with van der Waals surface area (Å²) in [4.78, 5) is 29.1. The maximum atomic E-state index is 13.8. The summed E-state index contributed by atoms with van der Waals surface area (Å²) in [5.74, 6) is 1.12. The molecule has 0 fully saturated rings. The fourth-order valence-electron chi connectivity index (χ4n) is 4.28. The van der Waals surface area contributed by atoms with Crippen molar-refractivity contribution >= 4 is 23.4 Å². The minimum atomic E-state index is -0.679. The zero-order valence-corrected chi connectivity index (χ0v) is 22.3. The van der Waals surface area contributed by atoms with E-state index < -0.39 is 11.6 Å². The van der Waals surface area contributed by atoms with Gasteiger partial charge in [-0.2, -0.15) is 0 Å². The third-order valence-electron chi connectivity index (χ3n) is 6.10. The largest absolute Gasteiger partial charge is 0.454 e. The lowest BCUT2D eigenvalue weighted by Gasteiger charge is -2.34. The van der Waals surface area contributed by atoms with Crippen LogP contribution in [0.25, 0.3) is 0 Å². The van der Waals surface area contributed by atoms with E-state index in [4.69, 9.17) is 21.1 Å². The van der Waals surface area contributed by atoms with Gasteiger partial charge < -0.3 is 19.7 Å². The number of halogens is 1. The average Bonchev–Trinajstić information content (AvgIpc) is 3.33. The van der Waals surface area contributed by atoms with Gasteiger partial charge in [-0.05, 0) is 68.1 Å². The SMILES string of the molecule is CC(C)(C)NC(=O)[C@@H](Cc1ccccc1)N(Cc1ccc(Cl)cc1)C(=O)CCc1ccc2c(c1)OCO2. The number of carbonyl (C=O) groups excluding carboxylic acids is 2. The van der Waals surface area contributed by atoms with Gasteiger partial charge in [0.05, 0.1) is 0 Å². The van der Waals surface area contributed by atoms with Gasteiger partial charge in [-0.3, -0.25) is 9.59 Å². The molecule has 0 saturated heterocycles. The molecule has 0 saturated carbocycles. The Morgan fingerprint density at radius 3 is 2.30 bits per heavy atom. The third-order valence-corrected chi connectivity index (χ3v) is 6.35. The second-order valence-corrected chi connectivity index (χ2v) is 10.7. The maximum Gasteiger partial charge on any atom is 0.243 e. The summed E-state index contributed by atoms with van der Waals surface area (Å²) in [6, 6.07) is 22.2. The molecular weight excluding hydrogens is 488 g/mol. The Morgan fingerprint density at radius 1 is 0.919 bits per heavy atom. The van der Waals surface area contributed by atoms with Crippen molar-refractivity contribution in [3.8, 4) is 11.5 Å². The van der Waals surface area contributed by atoms with Gasteiger partial charge in [-0.25, -0.2) is 0 Å². The number of hydrogen-bond donors (Lipinski definition) is 1. The van der Waals surface area contributed by atoms with E-state index >= 15 is 0 Å². The molecule has 0 aromatic heterocycles. The van der Waals surface area contributed by atoms with Crippen LogP contribution in [0.2, 0.25) is 5.02 Å². The Kier molecular flexibility index (Phi) is 8.39. The molecule has 1 aliphatic rings. The van der Waals surface area contributed by atoms with Crippen LogP contribution >= 0.6 is 11.6 Å². The first-order valence-electron chi connectivity index (χ1n) is 12.5. The number of carbonyl (C=O) groups is 2. The molecule has 37 heavy (non-hydrogen) atoms. The molecule has 3 aromatic rings. The van der Waals surface area contributed by atoms with Gasteiger partial charge in [-0.15, -0.1) is 0 Å². The van der Waals surface area contributed by atoms with Crippen molar-refractivity contribution in [2.24, 2.45) is 0 Å². The van der Waals surface area contributed by atoms with Crippen molar-refractivity contribution in [3.63, 3.8) is 0 Å². The Hall–Kier alpha value is -3.51. The summed E-state index contributed by atoms with van der Waals surface area (Å²) in [5, 5.41) is 3.71. The highest BCUT2D eigenvalue weighted by molar-refractivity contribution is 6.30. The van der Waals surface area contributed by atoms with Gasteiger partial charge in [-0.1, -0.05) is 60.1 Å². The lowest BCUT2D eigenvalue weighted by atomic mass is 9.99. The van der Waals surface area contributed by atoms with Crippen LogP contribution in [0.15, 0.2) is 72.8 Å². The fraction of sp³-hybridized carbons (Fsp3) is 0.333. The molecule has 1 aliphatic heterocycles. The van der Waals surface area contributed by atoms with Crippen molar-refractivity contribution in [2.75, 3.05) is 6.79 Å². The van der Waals surface area contributed by atoms with Crippen LogP contribution in [0.3, 0.4) is 0 Å². The van der Waals surface area contributed by atoms with Crippen LogP contribution in [0.4, 0.5) is 0 Å². The van der Waals surface area contributed by atoms with Crippen LogP contribution in [-0.2, 0) is 29.0 Å². The van der Waals surface area contributed by atoms with Gasteiger partial charge in [0.1, 0.15) is 6.04 Å². The van der Waals surface area contributed by atoms with Crippen LogP contribution < -0.4 is 14.8 Å². The molecule has 2 amide bonds. The van der Waals surface area contributed by atoms with Crippen LogP contribution in [0.5, 0.6) is 11.5 Å². The molecule has 1 N–H and O–H groups in total. The minimum Gasteiger partial charge on any atom is -0.454 e. The Morgan fingerprint density at radius 2 is 1.59 bits per heavy atom. The van der Waals surface area contributed by atoms with Crippen LogP contribution in [0, 0.1) is 0 Å². The van der Waals surface area contributed by atoms with Gasteiger partial charge in [0.2, 0.25) is 18.6 Å². The molecule has 3 aromatic carbocycles. The van der Waals surface area contributed by atoms with E-state index in [2.05, 4.69) is 5.32 Å². The van der Waals surface area contributed by atoms with Crippen LogP contribution in [0.1, 0.15) is 43.9 Å². The zero-order chi connectivity index (χ0) is 26.4. The van der Waals surface area contributed by atoms with E-state index in [0.29, 0.717) is 35.9 Å². The number of nitrogens with one attached hydrogen (secondary N) is 1. The number of ether oxygens (including phenoxy) is 2. The Bertz CT molecular complexity index is 1220. The molecule has 0 aliphatic carbocycles. The van der Waals surface area contributed by atoms with E-state index in [0.717, 1.165) is 16.7 Å². The number of amides is 2. The standard InChI is InChI=1S/C30H33ClN2O4/c1-30(2,3)32-29(35)25(17-21-7-5-4-6-8-21)33(19-23-9-13-24(31)14-10-23)28(34)16-12-22-11-15-26-27(18-22)37-20-36-26/h4-11,13-15,18,25H,12,16-17,19-20H2,1-3H3,(H,32,35)/t25-/m1/s1. The van der Waals surface area contributed by atoms with E-state index in [-0.39, 0.29) is 25.0 Å². The fourth-order valence-corrected chi connectivity index (χ4v) is 4.41. The molecule has 4 rings (SSSR count). The van der Waals surface area contributed by atoms with Crippen molar-refractivity contribution in [3.05, 3.63) is 94.5 Å². The van der Waals surface area contributed by atoms with E-state index in [1.807, 2.05) is 81.4 Å². The first-order valence-corrected chi connectivity index (χ1v) is 12.8. The van der Waals surface area contributed by atoms with Gasteiger partial charge in [0, 0.05) is 29.9 Å². The highest BCUT2D eigenvalue weighted by Gasteiger charge is 2.32. The van der Waals surface area contributed by atoms with Crippen LogP contribution in [-0.4, -0.2) is 35.1 Å². The third kappa shape index (κ3) is 7.49. The first-order chi connectivity index (χ1) is 17.7. The van der Waals surface area contributed by atoms with Gasteiger partial charge in [0.15, 0.2) is 11.5 Å². The normalized spacial score (nSPS) is 13.2. The highest BCUT2D eigenvalue weighted by atomic mass is 35.5. The number of hydrogen-bond acceptors (Lipinski definition) is 4. The minimum absolute atomic E-state index is 0.0994. The summed E-state index contributed by atoms with van der Waals surface area (Å²) < 4.78 is 10.9. The smallest absolute Gasteiger partial charge is 0.243 e. The Labute approximate surface area is 223 Å². The maximum absolute atomic E-state index is 13.8. The monoisotopic (exact) mass is 520 g/mol. The van der Waals surface area contributed by atoms with Crippen molar-refractivity contribution < 1.29 is 19.1 Å². The molecular formula is C30H33ClN2O4. The number of rotatable bonds is 9. The molecule has 1 heterocycles. The summed E-state index contributed by atoms with van der Waals surface area (Å²) in [6.07, 6.45) is 1.18. The van der Waals surface area contributed by atoms with E-state index in [1.54, 1.807) is 17.0 Å². The molecule has 0 unspecified atom stereocenters. The lowest BCUT2D eigenvalue weighted by molar-refractivity contribution is -0.141. The predicted molar refractivity (Wildman–Crippen MR) is 145 cm³/mol. The van der Waals surface area contributed by atoms with Crippen molar-refractivity contribution in [1.82, 2.24) is 10.2 Å². The van der Waals surface area contributed by atoms with E-state index in [9.17, 15) is 9.59 Å². The summed E-state index contributed by atoms with van der Waals surface area (Å²) in [5.41, 5.74) is 2.43. The second-order valence-electron chi connectivity index (χ2n) is 10.3. The molecule has 6 nitrogen and oxygen atoms in total. The summed E-state index contributed by atoms with van der Waals surface area (Å²) >= 11 is 6.10. The molecule has 0 radical (unpaired) electrons. The summed E-state index contributed by atoms with van der Waals surface area (Å²) in [6.45, 7) is 6.32. The molecule has 1 atom stereocenters. The van der Waals surface area contributed by atoms with Crippen molar-refractivity contribution in [2.45, 2.75) is 58.2 Å². The van der Waals surface area contributed by atoms with Crippen molar-refractivity contribution in [1.29, 1.82) is 0 Å². The highest BCUT2D eigenvalue weighted by Crippen LogP contribution is 2.33. The second kappa shape index (κ2) is 11.7. The number of benzene rings is 3. The number of nitrogens with zero attached hydrogens (tertiary/aromatic N) is 1. The quantitative estimate of drug-likeness (QED) is 0.401. The Balaban J connectivity index is 1.60. The molecule has 194 valence electrons. The molecule has 0 spiro atoms. The number of fused-ring (bicyclic) bond motifs is 1. The molecule has 7 heteroatoms. The predicted octanol–water partition coefficient (Wildman–Crippen LogP) is 5.56. The van der Waals surface area contributed by atoms with Gasteiger partial charge >= 0.3 is 0 Å². The lowest BCUT2D eigenvalue weighted by Crippen LogP contribution is -2.54. The van der Waals surface area contributed by atoms with E-state index in [1.165, 1.54) is 0 Å². The zero-order valence-electron chi connectivity index (χ0n) is 21.5. The van der Waals surface area contributed by atoms with Gasteiger partial charge in [0.25, 0.3) is 0 Å². The average molecular weight is 521 g/mol. The molecule has 0 bridgehead atoms. The first kappa shape index (κ1) is 26.6. The number of aryl methyl sites for hydroxylation is 1. The summed E-state index contributed by atoms with van der Waals surface area (Å²) in [7, 11) is 0. The topological polar surface area (TPSA) is 67.9 Å².